The monoisotopic (exact) mass is 283 g/mol. The van der Waals surface area contributed by atoms with Crippen LogP contribution in [0.4, 0.5) is 0 Å². The van der Waals surface area contributed by atoms with Crippen LogP contribution < -0.4 is 10.1 Å². The van der Waals surface area contributed by atoms with E-state index in [0.29, 0.717) is 0 Å². The van der Waals surface area contributed by atoms with Gasteiger partial charge in [0.1, 0.15) is 11.5 Å². The summed E-state index contributed by atoms with van der Waals surface area (Å²) in [6.45, 7) is 6.71. The maximum atomic E-state index is 6.03. The van der Waals surface area contributed by atoms with E-state index in [9.17, 15) is 0 Å². The second kappa shape index (κ2) is 6.29. The van der Waals surface area contributed by atoms with Crippen LogP contribution in [0.25, 0.3) is 0 Å². The van der Waals surface area contributed by atoms with Gasteiger partial charge in [-0.15, -0.1) is 0 Å². The molecule has 2 aromatic rings. The minimum atomic E-state index is 0.146. The number of hydrogen-bond acceptors (Lipinski definition) is 3. The molecule has 1 unspecified atom stereocenters. The van der Waals surface area contributed by atoms with E-state index in [1.54, 1.807) is 0 Å². The van der Waals surface area contributed by atoms with Gasteiger partial charge in [0.15, 0.2) is 0 Å². The van der Waals surface area contributed by atoms with Crippen molar-refractivity contribution in [3.63, 3.8) is 0 Å². The van der Waals surface area contributed by atoms with Crippen molar-refractivity contribution >= 4 is 0 Å². The van der Waals surface area contributed by atoms with E-state index in [0.717, 1.165) is 42.3 Å². The van der Waals surface area contributed by atoms with Gasteiger partial charge in [0.05, 0.1) is 12.7 Å². The summed E-state index contributed by atoms with van der Waals surface area (Å²) in [5, 5.41) is 3.35. The average Bonchev–Trinajstić information content (AvgIpc) is 2.53. The minimum Gasteiger partial charge on any atom is -0.457 e. The maximum Gasteiger partial charge on any atom is 0.133 e. The molecule has 2 aromatic carbocycles. The lowest BCUT2D eigenvalue weighted by atomic mass is 10.1. The van der Waals surface area contributed by atoms with Crippen molar-refractivity contribution in [2.45, 2.75) is 20.0 Å². The van der Waals surface area contributed by atoms with Crippen LogP contribution in [0.2, 0.25) is 0 Å². The molecule has 0 amide bonds. The molecule has 3 heteroatoms. The molecule has 0 spiro atoms. The lowest BCUT2D eigenvalue weighted by Gasteiger charge is -2.24. The molecule has 0 radical (unpaired) electrons. The van der Waals surface area contributed by atoms with Crippen molar-refractivity contribution in [1.82, 2.24) is 5.32 Å². The summed E-state index contributed by atoms with van der Waals surface area (Å²) in [7, 11) is 0. The van der Waals surface area contributed by atoms with E-state index >= 15 is 0 Å². The number of nitrogens with one attached hydrogen (secondary N) is 1. The molecule has 1 saturated heterocycles. The summed E-state index contributed by atoms with van der Waals surface area (Å²) in [5.41, 5.74) is 3.49. The van der Waals surface area contributed by atoms with Crippen LogP contribution in [0.1, 0.15) is 22.8 Å². The molecule has 1 N–H and O–H groups in total. The Morgan fingerprint density at radius 3 is 2.38 bits per heavy atom. The summed E-state index contributed by atoms with van der Waals surface area (Å²) >= 11 is 0. The van der Waals surface area contributed by atoms with Crippen molar-refractivity contribution in [3.05, 3.63) is 59.2 Å². The third-order valence-corrected chi connectivity index (χ3v) is 3.81. The van der Waals surface area contributed by atoms with Crippen LogP contribution in [0.3, 0.4) is 0 Å². The molecular formula is C18H21NO2. The number of ether oxygens (including phenoxy) is 2. The standard InChI is InChI=1S/C18H21NO2/c1-13-4-3-5-14(2)18(13)21-16-8-6-15(7-9-16)17-12-19-10-11-20-17/h3-9,17,19H,10-12H2,1-2H3. The van der Waals surface area contributed by atoms with Gasteiger partial charge in [-0.2, -0.15) is 0 Å². The Labute approximate surface area is 125 Å². The molecular weight excluding hydrogens is 262 g/mol. The van der Waals surface area contributed by atoms with Crippen LogP contribution in [-0.4, -0.2) is 19.7 Å². The number of hydrogen-bond donors (Lipinski definition) is 1. The third-order valence-electron chi connectivity index (χ3n) is 3.81. The highest BCUT2D eigenvalue weighted by Crippen LogP contribution is 2.29. The zero-order valence-electron chi connectivity index (χ0n) is 12.6. The van der Waals surface area contributed by atoms with Gasteiger partial charge in [-0.25, -0.2) is 0 Å². The summed E-state index contributed by atoms with van der Waals surface area (Å²) in [4.78, 5) is 0. The molecule has 0 aliphatic carbocycles. The van der Waals surface area contributed by atoms with E-state index < -0.39 is 0 Å². The fraction of sp³-hybridized carbons (Fsp3) is 0.333. The van der Waals surface area contributed by atoms with Crippen molar-refractivity contribution < 1.29 is 9.47 Å². The van der Waals surface area contributed by atoms with Gasteiger partial charge in [0, 0.05) is 13.1 Å². The number of para-hydroxylation sites is 1. The Balaban J connectivity index is 1.75. The lowest BCUT2D eigenvalue weighted by Crippen LogP contribution is -2.33. The first-order valence-corrected chi connectivity index (χ1v) is 7.40. The number of morpholine rings is 1. The summed E-state index contributed by atoms with van der Waals surface area (Å²) in [6.07, 6.45) is 0.146. The second-order valence-electron chi connectivity index (χ2n) is 5.46. The molecule has 1 aliphatic heterocycles. The highest BCUT2D eigenvalue weighted by molar-refractivity contribution is 5.43. The fourth-order valence-corrected chi connectivity index (χ4v) is 2.61. The molecule has 3 rings (SSSR count). The molecule has 1 atom stereocenters. The van der Waals surface area contributed by atoms with Crippen LogP contribution >= 0.6 is 0 Å². The van der Waals surface area contributed by atoms with Gasteiger partial charge in [-0.05, 0) is 42.7 Å². The SMILES string of the molecule is Cc1cccc(C)c1Oc1ccc(C2CNCCO2)cc1. The number of benzene rings is 2. The van der Waals surface area contributed by atoms with Crippen molar-refractivity contribution in [2.75, 3.05) is 19.7 Å². The van der Waals surface area contributed by atoms with Gasteiger partial charge in [0.25, 0.3) is 0 Å². The summed E-state index contributed by atoms with van der Waals surface area (Å²) in [5.74, 6) is 1.81. The topological polar surface area (TPSA) is 30.5 Å². The predicted octanol–water partition coefficient (Wildman–Crippen LogP) is 3.76. The first-order valence-electron chi connectivity index (χ1n) is 7.40. The Hall–Kier alpha value is -1.84. The average molecular weight is 283 g/mol. The molecule has 1 heterocycles. The highest BCUT2D eigenvalue weighted by atomic mass is 16.5. The molecule has 1 fully saturated rings. The van der Waals surface area contributed by atoms with E-state index in [-0.39, 0.29) is 6.10 Å². The molecule has 1 aliphatic rings. The van der Waals surface area contributed by atoms with Crippen LogP contribution in [0.15, 0.2) is 42.5 Å². The zero-order valence-corrected chi connectivity index (χ0v) is 12.6. The van der Waals surface area contributed by atoms with Crippen LogP contribution in [0.5, 0.6) is 11.5 Å². The number of rotatable bonds is 3. The van der Waals surface area contributed by atoms with Crippen LogP contribution in [0, 0.1) is 13.8 Å². The van der Waals surface area contributed by atoms with Gasteiger partial charge in [-0.3, -0.25) is 0 Å². The molecule has 3 nitrogen and oxygen atoms in total. The first-order chi connectivity index (χ1) is 10.2. The van der Waals surface area contributed by atoms with E-state index in [1.165, 1.54) is 5.56 Å². The summed E-state index contributed by atoms with van der Waals surface area (Å²) in [6, 6.07) is 14.4. The van der Waals surface area contributed by atoms with Gasteiger partial charge >= 0.3 is 0 Å². The second-order valence-corrected chi connectivity index (χ2v) is 5.46. The third kappa shape index (κ3) is 3.26. The Bertz CT molecular complexity index is 581. The smallest absolute Gasteiger partial charge is 0.133 e. The molecule has 0 aromatic heterocycles. The van der Waals surface area contributed by atoms with E-state index in [4.69, 9.17) is 9.47 Å². The van der Waals surface area contributed by atoms with E-state index in [2.05, 4.69) is 43.4 Å². The predicted molar refractivity (Wildman–Crippen MR) is 84.0 cm³/mol. The molecule has 0 bridgehead atoms. The first kappa shape index (κ1) is 14.1. The Morgan fingerprint density at radius 2 is 1.76 bits per heavy atom. The maximum absolute atomic E-state index is 6.03. The fourth-order valence-electron chi connectivity index (χ4n) is 2.61. The largest absolute Gasteiger partial charge is 0.457 e. The van der Waals surface area contributed by atoms with Crippen molar-refractivity contribution in [1.29, 1.82) is 0 Å². The van der Waals surface area contributed by atoms with Crippen molar-refractivity contribution in [3.8, 4) is 11.5 Å². The van der Waals surface area contributed by atoms with E-state index in [1.807, 2.05) is 18.2 Å². The highest BCUT2D eigenvalue weighted by Gasteiger charge is 2.15. The molecule has 0 saturated carbocycles. The minimum absolute atomic E-state index is 0.146. The van der Waals surface area contributed by atoms with Crippen molar-refractivity contribution in [2.24, 2.45) is 0 Å². The quantitative estimate of drug-likeness (QED) is 0.930. The van der Waals surface area contributed by atoms with Gasteiger partial charge < -0.3 is 14.8 Å². The number of aryl methyl sites for hydroxylation is 2. The molecule has 21 heavy (non-hydrogen) atoms. The Morgan fingerprint density at radius 1 is 1.05 bits per heavy atom. The molecule has 110 valence electrons. The van der Waals surface area contributed by atoms with Crippen LogP contribution in [-0.2, 0) is 4.74 Å². The lowest BCUT2D eigenvalue weighted by molar-refractivity contribution is 0.0277. The summed E-state index contributed by atoms with van der Waals surface area (Å²) < 4.78 is 11.8. The zero-order chi connectivity index (χ0) is 14.7. The van der Waals surface area contributed by atoms with Gasteiger partial charge in [-0.1, -0.05) is 30.3 Å². The normalized spacial score (nSPS) is 18.5. The van der Waals surface area contributed by atoms with Gasteiger partial charge in [0.2, 0.25) is 0 Å². The Kier molecular flexibility index (Phi) is 4.23.